The van der Waals surface area contributed by atoms with Crippen LogP contribution in [-0.2, 0) is 0 Å². The van der Waals surface area contributed by atoms with Crippen molar-refractivity contribution in [1.82, 2.24) is 4.90 Å². The molecule has 2 aliphatic rings. The molecule has 1 unspecified atom stereocenters. The lowest BCUT2D eigenvalue weighted by molar-refractivity contribution is -0.0216. The number of thioether (sulfide) groups is 1. The van der Waals surface area contributed by atoms with E-state index in [2.05, 4.69) is 44.5 Å². The van der Waals surface area contributed by atoms with Crippen molar-refractivity contribution in [2.45, 2.75) is 64.5 Å². The Labute approximate surface area is 123 Å². The van der Waals surface area contributed by atoms with Crippen LogP contribution in [0.1, 0.15) is 52.9 Å². The Hall–Kier alpha value is 0.270. The second kappa shape index (κ2) is 5.95. The molecule has 19 heavy (non-hydrogen) atoms. The first-order valence-corrected chi connectivity index (χ1v) is 9.09. The molecule has 0 aromatic heterocycles. The highest BCUT2D eigenvalue weighted by atomic mass is 32.2. The molecule has 2 fully saturated rings. The monoisotopic (exact) mass is 284 g/mol. The summed E-state index contributed by atoms with van der Waals surface area (Å²) >= 11 is 2.10. The van der Waals surface area contributed by atoms with Crippen LogP contribution in [-0.4, -0.2) is 41.6 Å². The van der Waals surface area contributed by atoms with Gasteiger partial charge in [-0.1, -0.05) is 20.8 Å². The Morgan fingerprint density at radius 1 is 1.21 bits per heavy atom. The molecule has 1 aliphatic carbocycles. The Kier molecular flexibility index (Phi) is 4.90. The average molecular weight is 285 g/mol. The van der Waals surface area contributed by atoms with E-state index in [4.69, 9.17) is 5.73 Å². The fourth-order valence-electron chi connectivity index (χ4n) is 4.03. The molecule has 0 aromatic rings. The summed E-state index contributed by atoms with van der Waals surface area (Å²) in [7, 11) is 2.35. The van der Waals surface area contributed by atoms with Crippen LogP contribution in [0.2, 0.25) is 0 Å². The lowest BCUT2D eigenvalue weighted by atomic mass is 9.68. The third-order valence-corrected chi connectivity index (χ3v) is 7.19. The maximum absolute atomic E-state index is 6.29. The van der Waals surface area contributed by atoms with Crippen LogP contribution in [0.25, 0.3) is 0 Å². The normalized spacial score (nSPS) is 39.5. The van der Waals surface area contributed by atoms with Gasteiger partial charge in [0.15, 0.2) is 0 Å². The molecule has 1 saturated heterocycles. The maximum Gasteiger partial charge on any atom is 0.0472 e. The molecule has 2 rings (SSSR count). The van der Waals surface area contributed by atoms with Gasteiger partial charge in [0.25, 0.3) is 0 Å². The van der Waals surface area contributed by atoms with Crippen molar-refractivity contribution in [1.29, 1.82) is 0 Å². The van der Waals surface area contributed by atoms with Crippen molar-refractivity contribution in [3.05, 3.63) is 0 Å². The molecule has 0 amide bonds. The second-order valence-electron chi connectivity index (χ2n) is 7.45. The minimum Gasteiger partial charge on any atom is -0.329 e. The summed E-state index contributed by atoms with van der Waals surface area (Å²) in [6, 6.07) is 0.748. The molecule has 3 heteroatoms. The van der Waals surface area contributed by atoms with E-state index in [0.29, 0.717) is 5.41 Å². The molecule has 112 valence electrons. The predicted molar refractivity (Wildman–Crippen MR) is 86.7 cm³/mol. The van der Waals surface area contributed by atoms with E-state index < -0.39 is 0 Å². The Bertz CT molecular complexity index is 297. The summed E-state index contributed by atoms with van der Waals surface area (Å²) < 4.78 is 0. The van der Waals surface area contributed by atoms with Gasteiger partial charge in [0.05, 0.1) is 0 Å². The molecule has 0 spiro atoms. The first-order valence-electron chi connectivity index (χ1n) is 7.94. The molecule has 1 atom stereocenters. The van der Waals surface area contributed by atoms with Crippen molar-refractivity contribution < 1.29 is 0 Å². The second-order valence-corrected chi connectivity index (χ2v) is 8.55. The van der Waals surface area contributed by atoms with E-state index in [1.165, 1.54) is 43.6 Å². The fraction of sp³-hybridized carbons (Fsp3) is 1.00. The van der Waals surface area contributed by atoms with Gasteiger partial charge < -0.3 is 5.73 Å². The standard InChI is InChI=1S/C16H32N2S/c1-13-5-7-14(8-6-13)18(4)16(11-17)12-19-10-9-15(16,2)3/h13-14H,5-12,17H2,1-4H3. The summed E-state index contributed by atoms with van der Waals surface area (Å²) in [6.45, 7) is 8.06. The predicted octanol–water partition coefficient (Wildman–Crippen LogP) is 3.36. The third-order valence-electron chi connectivity index (χ3n) is 6.02. The molecule has 1 saturated carbocycles. The van der Waals surface area contributed by atoms with Gasteiger partial charge in [0, 0.05) is 23.9 Å². The van der Waals surface area contributed by atoms with Crippen LogP contribution < -0.4 is 5.73 Å². The largest absolute Gasteiger partial charge is 0.329 e. The highest BCUT2D eigenvalue weighted by Crippen LogP contribution is 2.47. The molecule has 0 bridgehead atoms. The fourth-order valence-corrected chi connectivity index (χ4v) is 5.88. The Morgan fingerprint density at radius 3 is 2.37 bits per heavy atom. The first kappa shape index (κ1) is 15.7. The van der Waals surface area contributed by atoms with Crippen molar-refractivity contribution >= 4 is 11.8 Å². The van der Waals surface area contributed by atoms with E-state index in [1.807, 2.05) is 0 Å². The van der Waals surface area contributed by atoms with Gasteiger partial charge in [-0.25, -0.2) is 0 Å². The van der Waals surface area contributed by atoms with Crippen molar-refractivity contribution in [2.75, 3.05) is 25.1 Å². The summed E-state index contributed by atoms with van der Waals surface area (Å²) in [5, 5.41) is 0. The van der Waals surface area contributed by atoms with E-state index in [-0.39, 0.29) is 5.54 Å². The third kappa shape index (κ3) is 2.84. The molecule has 1 aliphatic heterocycles. The average Bonchev–Trinajstić information content (AvgIpc) is 2.39. The van der Waals surface area contributed by atoms with Gasteiger partial charge in [-0.3, -0.25) is 4.90 Å². The van der Waals surface area contributed by atoms with Crippen LogP contribution in [0.15, 0.2) is 0 Å². The van der Waals surface area contributed by atoms with Crippen LogP contribution in [0.5, 0.6) is 0 Å². The van der Waals surface area contributed by atoms with Gasteiger partial charge in [-0.15, -0.1) is 0 Å². The van der Waals surface area contributed by atoms with E-state index in [0.717, 1.165) is 18.5 Å². The molecule has 0 aromatic carbocycles. The smallest absolute Gasteiger partial charge is 0.0472 e. The van der Waals surface area contributed by atoms with Crippen LogP contribution in [0, 0.1) is 11.3 Å². The zero-order valence-corrected chi connectivity index (χ0v) is 14.1. The molecule has 2 nitrogen and oxygen atoms in total. The summed E-state index contributed by atoms with van der Waals surface area (Å²) in [6.07, 6.45) is 6.80. The van der Waals surface area contributed by atoms with Crippen LogP contribution >= 0.6 is 11.8 Å². The zero-order chi connectivity index (χ0) is 14.1. The van der Waals surface area contributed by atoms with Gasteiger partial charge in [0.2, 0.25) is 0 Å². The van der Waals surface area contributed by atoms with E-state index in [9.17, 15) is 0 Å². The van der Waals surface area contributed by atoms with Gasteiger partial charge in [0.1, 0.15) is 0 Å². The minimum atomic E-state index is 0.196. The highest BCUT2D eigenvalue weighted by Gasteiger charge is 2.50. The maximum atomic E-state index is 6.29. The molecule has 1 heterocycles. The van der Waals surface area contributed by atoms with Crippen LogP contribution in [0.4, 0.5) is 0 Å². The Balaban J connectivity index is 2.15. The lowest BCUT2D eigenvalue weighted by Crippen LogP contribution is -2.67. The quantitative estimate of drug-likeness (QED) is 0.861. The number of nitrogens with zero attached hydrogens (tertiary/aromatic N) is 1. The number of rotatable bonds is 3. The van der Waals surface area contributed by atoms with Crippen LogP contribution in [0.3, 0.4) is 0 Å². The minimum absolute atomic E-state index is 0.196. The summed E-state index contributed by atoms with van der Waals surface area (Å²) in [4.78, 5) is 2.69. The number of hydrogen-bond donors (Lipinski definition) is 1. The highest BCUT2D eigenvalue weighted by molar-refractivity contribution is 7.99. The topological polar surface area (TPSA) is 29.3 Å². The lowest BCUT2D eigenvalue weighted by Gasteiger charge is -2.57. The Morgan fingerprint density at radius 2 is 1.84 bits per heavy atom. The van der Waals surface area contributed by atoms with E-state index in [1.54, 1.807) is 0 Å². The van der Waals surface area contributed by atoms with E-state index >= 15 is 0 Å². The van der Waals surface area contributed by atoms with Crippen molar-refractivity contribution in [3.8, 4) is 0 Å². The summed E-state index contributed by atoms with van der Waals surface area (Å²) in [5.41, 5.74) is 6.83. The van der Waals surface area contributed by atoms with Gasteiger partial charge in [-0.2, -0.15) is 11.8 Å². The number of likely N-dealkylation sites (N-methyl/N-ethyl adjacent to an activating group) is 1. The molecular weight excluding hydrogens is 252 g/mol. The molecule has 2 N–H and O–H groups in total. The number of hydrogen-bond acceptors (Lipinski definition) is 3. The van der Waals surface area contributed by atoms with Crippen molar-refractivity contribution in [2.24, 2.45) is 17.1 Å². The first-order chi connectivity index (χ1) is 8.93. The van der Waals surface area contributed by atoms with Crippen molar-refractivity contribution in [3.63, 3.8) is 0 Å². The van der Waals surface area contributed by atoms with Gasteiger partial charge in [-0.05, 0) is 56.2 Å². The number of nitrogens with two attached hydrogens (primary N) is 1. The summed E-state index contributed by atoms with van der Waals surface area (Å²) in [5.74, 6) is 3.43. The SMILES string of the molecule is CC1CCC(N(C)C2(CN)CSCCC2(C)C)CC1. The zero-order valence-electron chi connectivity index (χ0n) is 13.2. The molecular formula is C16H32N2S. The van der Waals surface area contributed by atoms with Gasteiger partial charge >= 0.3 is 0 Å². The molecule has 0 radical (unpaired) electrons.